The number of anilines is 2. The Hall–Kier alpha value is -3.17. The Morgan fingerprint density at radius 2 is 1.66 bits per heavy atom. The summed E-state index contributed by atoms with van der Waals surface area (Å²) in [5, 5.41) is 5.28. The first-order valence-electron chi connectivity index (χ1n) is 8.80. The van der Waals surface area contributed by atoms with E-state index in [0.29, 0.717) is 5.69 Å². The smallest absolute Gasteiger partial charge is 0.304 e. The molecule has 0 saturated heterocycles. The summed E-state index contributed by atoms with van der Waals surface area (Å²) in [6.45, 7) is 3.38. The van der Waals surface area contributed by atoms with E-state index in [1.807, 2.05) is 0 Å². The standard InChI is InChI=1S/C20H24N4O4S/c1-4-14-21-20(26)17-12-8-9-13-18(17)22-19(25)15-24(29(27,28)23(2)3)16-10-6-5-7-11-16/h4-13H,1,14-15H2,2-3H3,(H,21,26)(H,22,25). The van der Waals surface area contributed by atoms with Crippen molar-refractivity contribution in [1.82, 2.24) is 9.62 Å². The van der Waals surface area contributed by atoms with Gasteiger partial charge in [-0.1, -0.05) is 36.4 Å². The molecule has 0 bridgehead atoms. The summed E-state index contributed by atoms with van der Waals surface area (Å²) in [6, 6.07) is 14.8. The van der Waals surface area contributed by atoms with Gasteiger partial charge in [0.05, 0.1) is 16.9 Å². The van der Waals surface area contributed by atoms with Gasteiger partial charge < -0.3 is 10.6 Å². The van der Waals surface area contributed by atoms with Crippen molar-refractivity contribution in [2.24, 2.45) is 0 Å². The van der Waals surface area contributed by atoms with E-state index < -0.39 is 22.7 Å². The van der Waals surface area contributed by atoms with Crippen LogP contribution in [0.15, 0.2) is 67.3 Å². The highest BCUT2D eigenvalue weighted by atomic mass is 32.2. The van der Waals surface area contributed by atoms with Gasteiger partial charge in [-0.25, -0.2) is 4.31 Å². The van der Waals surface area contributed by atoms with Crippen molar-refractivity contribution in [3.8, 4) is 0 Å². The van der Waals surface area contributed by atoms with Crippen molar-refractivity contribution in [3.05, 3.63) is 72.8 Å². The molecule has 0 aliphatic rings. The fourth-order valence-electron chi connectivity index (χ4n) is 2.47. The summed E-state index contributed by atoms with van der Waals surface area (Å²) < 4.78 is 27.5. The van der Waals surface area contributed by atoms with Crippen LogP contribution in [-0.2, 0) is 15.0 Å². The lowest BCUT2D eigenvalue weighted by atomic mass is 10.1. The highest BCUT2D eigenvalue weighted by Crippen LogP contribution is 2.20. The predicted octanol–water partition coefficient (Wildman–Crippen LogP) is 1.85. The average molecular weight is 417 g/mol. The van der Waals surface area contributed by atoms with Crippen molar-refractivity contribution in [3.63, 3.8) is 0 Å². The molecule has 29 heavy (non-hydrogen) atoms. The Kier molecular flexibility index (Phi) is 7.52. The van der Waals surface area contributed by atoms with Crippen molar-refractivity contribution in [2.75, 3.05) is 36.8 Å². The summed E-state index contributed by atoms with van der Waals surface area (Å²) in [5.74, 6) is -0.954. The largest absolute Gasteiger partial charge is 0.349 e. The first-order valence-corrected chi connectivity index (χ1v) is 10.2. The number of benzene rings is 2. The molecular formula is C20H24N4O4S. The SMILES string of the molecule is C=CCNC(=O)c1ccccc1NC(=O)CN(c1ccccc1)S(=O)(=O)N(C)C. The highest BCUT2D eigenvalue weighted by Gasteiger charge is 2.27. The monoisotopic (exact) mass is 416 g/mol. The molecule has 0 aliphatic heterocycles. The molecule has 0 saturated carbocycles. The van der Waals surface area contributed by atoms with E-state index in [1.165, 1.54) is 14.1 Å². The lowest BCUT2D eigenvalue weighted by Crippen LogP contribution is -2.44. The van der Waals surface area contributed by atoms with E-state index in [1.54, 1.807) is 60.7 Å². The quantitative estimate of drug-likeness (QED) is 0.610. The van der Waals surface area contributed by atoms with Crippen LogP contribution in [0.5, 0.6) is 0 Å². The van der Waals surface area contributed by atoms with Crippen LogP contribution in [0.3, 0.4) is 0 Å². The second-order valence-electron chi connectivity index (χ2n) is 6.22. The van der Waals surface area contributed by atoms with Gasteiger partial charge in [0.25, 0.3) is 5.91 Å². The lowest BCUT2D eigenvalue weighted by Gasteiger charge is -2.27. The topological polar surface area (TPSA) is 98.8 Å². The third-order valence-electron chi connectivity index (χ3n) is 3.92. The zero-order chi connectivity index (χ0) is 21.4. The Balaban J connectivity index is 2.26. The molecular weight excluding hydrogens is 392 g/mol. The number of amides is 2. The maximum absolute atomic E-state index is 12.7. The Morgan fingerprint density at radius 3 is 2.28 bits per heavy atom. The Morgan fingerprint density at radius 1 is 1.03 bits per heavy atom. The van der Waals surface area contributed by atoms with E-state index in [9.17, 15) is 18.0 Å². The van der Waals surface area contributed by atoms with Gasteiger partial charge in [0.2, 0.25) is 5.91 Å². The van der Waals surface area contributed by atoms with Gasteiger partial charge in [-0.3, -0.25) is 9.59 Å². The van der Waals surface area contributed by atoms with Gasteiger partial charge in [-0.15, -0.1) is 6.58 Å². The highest BCUT2D eigenvalue weighted by molar-refractivity contribution is 7.90. The van der Waals surface area contributed by atoms with E-state index in [4.69, 9.17) is 0 Å². The van der Waals surface area contributed by atoms with Crippen LogP contribution in [0.25, 0.3) is 0 Å². The molecule has 2 rings (SSSR count). The molecule has 8 nitrogen and oxygen atoms in total. The molecule has 0 unspecified atom stereocenters. The molecule has 154 valence electrons. The van der Waals surface area contributed by atoms with Crippen molar-refractivity contribution >= 4 is 33.4 Å². The molecule has 0 atom stereocenters. The maximum atomic E-state index is 12.7. The number of hydrogen-bond acceptors (Lipinski definition) is 4. The lowest BCUT2D eigenvalue weighted by molar-refractivity contribution is -0.114. The van der Waals surface area contributed by atoms with Gasteiger partial charge >= 0.3 is 10.2 Å². The van der Waals surface area contributed by atoms with E-state index in [2.05, 4.69) is 17.2 Å². The number of hydrogen-bond donors (Lipinski definition) is 2. The molecule has 0 fully saturated rings. The fourth-order valence-corrected chi connectivity index (χ4v) is 3.53. The maximum Gasteiger partial charge on any atom is 0.304 e. The molecule has 2 aromatic rings. The van der Waals surface area contributed by atoms with Crippen LogP contribution in [-0.4, -0.2) is 51.7 Å². The second kappa shape index (κ2) is 9.85. The van der Waals surface area contributed by atoms with Crippen LogP contribution < -0.4 is 14.9 Å². The van der Waals surface area contributed by atoms with Gasteiger partial charge in [0, 0.05) is 20.6 Å². The van der Waals surface area contributed by atoms with Crippen LogP contribution in [0, 0.1) is 0 Å². The number of nitrogens with one attached hydrogen (secondary N) is 2. The summed E-state index contributed by atoms with van der Waals surface area (Å²) in [7, 11) is -1.12. The predicted molar refractivity (Wildman–Crippen MR) is 114 cm³/mol. The molecule has 2 amide bonds. The molecule has 0 aliphatic carbocycles. The minimum atomic E-state index is -3.90. The van der Waals surface area contributed by atoms with Crippen LogP contribution in [0.4, 0.5) is 11.4 Å². The van der Waals surface area contributed by atoms with Crippen LogP contribution >= 0.6 is 0 Å². The van der Waals surface area contributed by atoms with Crippen LogP contribution in [0.2, 0.25) is 0 Å². The normalized spacial score (nSPS) is 11.0. The van der Waals surface area contributed by atoms with E-state index in [0.717, 1.165) is 8.61 Å². The Labute approximate surface area is 171 Å². The average Bonchev–Trinajstić information content (AvgIpc) is 2.71. The number of carbonyl (C=O) groups excluding carboxylic acids is 2. The van der Waals surface area contributed by atoms with Gasteiger partial charge in [-0.2, -0.15) is 12.7 Å². The molecule has 9 heteroatoms. The van der Waals surface area contributed by atoms with Gasteiger partial charge in [-0.05, 0) is 24.3 Å². The molecule has 0 spiro atoms. The molecule has 0 heterocycles. The summed E-state index contributed by atoms with van der Waals surface area (Å²) >= 11 is 0. The molecule has 0 aromatic heterocycles. The minimum absolute atomic E-state index is 0.268. The number of para-hydroxylation sites is 2. The zero-order valence-electron chi connectivity index (χ0n) is 16.3. The van der Waals surface area contributed by atoms with Crippen molar-refractivity contribution in [2.45, 2.75) is 0 Å². The first-order chi connectivity index (χ1) is 13.8. The third kappa shape index (κ3) is 5.66. The van der Waals surface area contributed by atoms with E-state index in [-0.39, 0.29) is 23.7 Å². The third-order valence-corrected chi connectivity index (χ3v) is 5.74. The molecule has 2 N–H and O–H groups in total. The zero-order valence-corrected chi connectivity index (χ0v) is 17.1. The van der Waals surface area contributed by atoms with Crippen molar-refractivity contribution < 1.29 is 18.0 Å². The van der Waals surface area contributed by atoms with Crippen molar-refractivity contribution in [1.29, 1.82) is 0 Å². The summed E-state index contributed by atoms with van der Waals surface area (Å²) in [5.41, 5.74) is 0.909. The number of nitrogens with zero attached hydrogens (tertiary/aromatic N) is 2. The fraction of sp³-hybridized carbons (Fsp3) is 0.200. The number of rotatable bonds is 9. The Bertz CT molecular complexity index is 975. The van der Waals surface area contributed by atoms with Gasteiger partial charge in [0.15, 0.2) is 0 Å². The molecule has 0 radical (unpaired) electrons. The second-order valence-corrected chi connectivity index (χ2v) is 8.29. The minimum Gasteiger partial charge on any atom is -0.349 e. The van der Waals surface area contributed by atoms with Crippen LogP contribution in [0.1, 0.15) is 10.4 Å². The summed E-state index contributed by atoms with van der Waals surface area (Å²) in [6.07, 6.45) is 1.54. The molecule has 2 aromatic carbocycles. The van der Waals surface area contributed by atoms with Gasteiger partial charge in [0.1, 0.15) is 6.54 Å². The van der Waals surface area contributed by atoms with E-state index >= 15 is 0 Å². The first kappa shape index (κ1) is 22.1. The number of carbonyl (C=O) groups is 2. The summed E-state index contributed by atoms with van der Waals surface area (Å²) in [4.78, 5) is 24.9.